The summed E-state index contributed by atoms with van der Waals surface area (Å²) in [6, 6.07) is 11.1. The summed E-state index contributed by atoms with van der Waals surface area (Å²) in [6.45, 7) is 0. The summed E-state index contributed by atoms with van der Waals surface area (Å²) in [5.41, 5.74) is 1.85. The van der Waals surface area contributed by atoms with Gasteiger partial charge in [-0.05, 0) is 29.7 Å². The average Bonchev–Trinajstić information content (AvgIpc) is 2.90. The van der Waals surface area contributed by atoms with Crippen LogP contribution in [0.25, 0.3) is 10.8 Å². The van der Waals surface area contributed by atoms with Gasteiger partial charge in [-0.15, -0.1) is 20.5 Å². The zero-order chi connectivity index (χ0) is 31.0. The molecule has 0 heterocycles. The van der Waals surface area contributed by atoms with E-state index in [4.69, 9.17) is 5.73 Å². The van der Waals surface area contributed by atoms with E-state index in [1.165, 1.54) is 30.3 Å². The molecule has 0 amide bonds. The van der Waals surface area contributed by atoms with Gasteiger partial charge in [-0.2, -0.15) is 16.8 Å². The van der Waals surface area contributed by atoms with Crippen molar-refractivity contribution in [3.63, 3.8) is 0 Å². The predicted octanol–water partition coefficient (Wildman–Crippen LogP) is 5.27. The van der Waals surface area contributed by atoms with E-state index < -0.39 is 84.8 Å². The molecule has 5 N–H and O–H groups in total. The SMILES string of the molecule is Nc1c(N=Nc2ccccc2[N+](=O)[O-])c(S(=O)(=O)O)cc2cc(S(=O)(=O)O)c(N=Nc3ccccc3[N+](=O)[O-])c(O)c12. The van der Waals surface area contributed by atoms with E-state index in [-0.39, 0.29) is 11.4 Å². The molecule has 20 heteroatoms. The number of nitrogens with zero attached hydrogens (tertiary/aromatic N) is 6. The van der Waals surface area contributed by atoms with Gasteiger partial charge in [0.25, 0.3) is 31.6 Å². The number of nitro groups is 2. The Hall–Kier alpha value is -5.44. The predicted molar refractivity (Wildman–Crippen MR) is 144 cm³/mol. The molecule has 0 aliphatic heterocycles. The summed E-state index contributed by atoms with van der Waals surface area (Å²) in [7, 11) is -10.4. The number of aromatic hydroxyl groups is 1. The number of azo groups is 2. The van der Waals surface area contributed by atoms with E-state index >= 15 is 0 Å². The molecule has 0 bridgehead atoms. The number of nitrogens with two attached hydrogens (primary N) is 1. The van der Waals surface area contributed by atoms with Gasteiger partial charge < -0.3 is 10.8 Å². The standard InChI is InChI=1S/C22H15N7O11S2/c23-19-18-11(9-16(41(35,36)37)20(19)26-24-12-5-1-3-7-14(12)28(31)32)10-17(42(38,39)40)21(22(18)30)27-25-13-6-2-4-8-15(13)29(33)34/h1-10,30H,23H2,(H,35,36,37)(H,38,39,40). The molecule has 0 saturated carbocycles. The Morgan fingerprint density at radius 3 is 1.52 bits per heavy atom. The summed E-state index contributed by atoms with van der Waals surface area (Å²) in [6.07, 6.45) is 0. The van der Waals surface area contributed by atoms with Crippen LogP contribution < -0.4 is 5.73 Å². The molecule has 4 aromatic rings. The van der Waals surface area contributed by atoms with Gasteiger partial charge >= 0.3 is 0 Å². The number of phenols is 1. The number of phenolic OH excluding ortho intramolecular Hbond substituents is 1. The molecule has 0 aliphatic rings. The van der Waals surface area contributed by atoms with Crippen LogP contribution in [-0.4, -0.2) is 40.9 Å². The van der Waals surface area contributed by atoms with Crippen molar-refractivity contribution in [3.05, 3.63) is 80.9 Å². The van der Waals surface area contributed by atoms with Crippen LogP contribution in [0.15, 0.2) is 90.9 Å². The van der Waals surface area contributed by atoms with E-state index in [2.05, 4.69) is 20.5 Å². The number of benzene rings is 4. The molecule has 42 heavy (non-hydrogen) atoms. The molecule has 0 aliphatic carbocycles. The van der Waals surface area contributed by atoms with Crippen molar-refractivity contribution < 1.29 is 40.9 Å². The lowest BCUT2D eigenvalue weighted by molar-refractivity contribution is -0.384. The monoisotopic (exact) mass is 617 g/mol. The third-order valence-corrected chi connectivity index (χ3v) is 7.28. The van der Waals surface area contributed by atoms with Crippen molar-refractivity contribution in [2.24, 2.45) is 20.5 Å². The van der Waals surface area contributed by atoms with E-state index in [1.54, 1.807) is 0 Å². The van der Waals surface area contributed by atoms with Crippen LogP contribution in [0.1, 0.15) is 0 Å². The topological polar surface area (TPSA) is 291 Å². The molecule has 0 fully saturated rings. The van der Waals surface area contributed by atoms with Gasteiger partial charge in [-0.1, -0.05) is 24.3 Å². The molecule has 0 radical (unpaired) electrons. The number of hydrogen-bond donors (Lipinski definition) is 4. The highest BCUT2D eigenvalue weighted by atomic mass is 32.2. The zero-order valence-corrected chi connectivity index (χ0v) is 22.1. The van der Waals surface area contributed by atoms with Crippen LogP contribution in [-0.2, 0) is 20.2 Å². The normalized spacial score (nSPS) is 12.3. The number of hydrogen-bond acceptors (Lipinski definition) is 14. The van der Waals surface area contributed by atoms with Crippen LogP contribution in [0, 0.1) is 20.2 Å². The first-order valence-corrected chi connectivity index (χ1v) is 13.9. The molecular weight excluding hydrogens is 602 g/mol. The van der Waals surface area contributed by atoms with E-state index in [0.29, 0.717) is 12.1 Å². The van der Waals surface area contributed by atoms with Crippen molar-refractivity contribution >= 4 is 70.8 Å². The van der Waals surface area contributed by atoms with E-state index in [0.717, 1.165) is 18.2 Å². The Kier molecular flexibility index (Phi) is 7.63. The lowest BCUT2D eigenvalue weighted by Crippen LogP contribution is -2.03. The molecule has 18 nitrogen and oxygen atoms in total. The molecule has 0 aromatic heterocycles. The van der Waals surface area contributed by atoms with Crippen molar-refractivity contribution in [1.82, 2.24) is 0 Å². The first-order chi connectivity index (χ1) is 19.6. The summed E-state index contributed by atoms with van der Waals surface area (Å²) < 4.78 is 68.3. The van der Waals surface area contributed by atoms with Crippen molar-refractivity contribution in [2.45, 2.75) is 9.79 Å². The highest BCUT2D eigenvalue weighted by Gasteiger charge is 2.28. The van der Waals surface area contributed by atoms with Crippen molar-refractivity contribution in [1.29, 1.82) is 0 Å². The van der Waals surface area contributed by atoms with Crippen molar-refractivity contribution in [3.8, 4) is 5.75 Å². The summed E-state index contributed by atoms with van der Waals surface area (Å²) >= 11 is 0. The lowest BCUT2D eigenvalue weighted by Gasteiger charge is -2.14. The average molecular weight is 618 g/mol. The molecule has 4 aromatic carbocycles. The summed E-state index contributed by atoms with van der Waals surface area (Å²) in [4.78, 5) is 18.9. The highest BCUT2D eigenvalue weighted by Crippen LogP contribution is 2.48. The second-order valence-electron chi connectivity index (χ2n) is 8.15. The first-order valence-electron chi connectivity index (χ1n) is 11.0. The molecule has 0 unspecified atom stereocenters. The maximum atomic E-state index is 12.2. The Bertz CT molecular complexity index is 1940. The molecular formula is C22H15N7O11S2. The number of nitro benzene ring substituents is 2. The Morgan fingerprint density at radius 2 is 1.10 bits per heavy atom. The maximum Gasteiger partial charge on any atom is 0.296 e. The number of para-hydroxylation sites is 2. The van der Waals surface area contributed by atoms with Crippen LogP contribution in [0.4, 0.5) is 39.8 Å². The fraction of sp³-hybridized carbons (Fsp3) is 0. The number of fused-ring (bicyclic) bond motifs is 1. The Labute approximate surface area is 234 Å². The quantitative estimate of drug-likeness (QED) is 0.0646. The molecule has 0 atom stereocenters. The third kappa shape index (κ3) is 5.71. The molecule has 0 spiro atoms. The van der Waals surface area contributed by atoms with Gasteiger partial charge in [0.05, 0.1) is 20.9 Å². The summed E-state index contributed by atoms with van der Waals surface area (Å²) in [5.74, 6) is -1.09. The van der Waals surface area contributed by atoms with Gasteiger partial charge in [-0.3, -0.25) is 29.3 Å². The number of anilines is 1. The zero-order valence-electron chi connectivity index (χ0n) is 20.5. The summed E-state index contributed by atoms with van der Waals surface area (Å²) in [5, 5.41) is 47.2. The van der Waals surface area contributed by atoms with Gasteiger partial charge in [0.2, 0.25) is 0 Å². The molecule has 216 valence electrons. The number of rotatable bonds is 8. The van der Waals surface area contributed by atoms with Gasteiger partial charge in [0.15, 0.2) is 17.1 Å². The molecule has 0 saturated heterocycles. The fourth-order valence-electron chi connectivity index (χ4n) is 3.72. The minimum atomic E-state index is -5.21. The fourth-order valence-corrected chi connectivity index (χ4v) is 5.05. The second-order valence-corrected chi connectivity index (χ2v) is 10.9. The number of nitrogen functional groups attached to an aromatic ring is 1. The lowest BCUT2D eigenvalue weighted by atomic mass is 10.1. The first kappa shape index (κ1) is 29.5. The smallest absolute Gasteiger partial charge is 0.296 e. The van der Waals surface area contributed by atoms with Crippen LogP contribution in [0.2, 0.25) is 0 Å². The maximum absolute atomic E-state index is 12.2. The van der Waals surface area contributed by atoms with E-state index in [9.17, 15) is 51.3 Å². The largest absolute Gasteiger partial charge is 0.505 e. The Morgan fingerprint density at radius 1 is 0.690 bits per heavy atom. The van der Waals surface area contributed by atoms with Crippen LogP contribution in [0.5, 0.6) is 5.75 Å². The minimum Gasteiger partial charge on any atom is -0.505 e. The van der Waals surface area contributed by atoms with Gasteiger partial charge in [-0.25, -0.2) is 0 Å². The third-order valence-electron chi connectivity index (χ3n) is 5.54. The van der Waals surface area contributed by atoms with Crippen LogP contribution in [0.3, 0.4) is 0 Å². The van der Waals surface area contributed by atoms with Gasteiger partial charge in [0, 0.05) is 12.1 Å². The molecule has 4 rings (SSSR count). The van der Waals surface area contributed by atoms with Crippen molar-refractivity contribution in [2.75, 3.05) is 5.73 Å². The Balaban J connectivity index is 2.05. The highest BCUT2D eigenvalue weighted by molar-refractivity contribution is 7.86. The van der Waals surface area contributed by atoms with Gasteiger partial charge in [0.1, 0.15) is 21.2 Å². The van der Waals surface area contributed by atoms with Crippen LogP contribution >= 0.6 is 0 Å². The van der Waals surface area contributed by atoms with E-state index in [1.807, 2.05) is 0 Å². The minimum absolute atomic E-state index is 0.340. The second kappa shape index (κ2) is 10.9.